The highest BCUT2D eigenvalue weighted by Crippen LogP contribution is 2.20. The summed E-state index contributed by atoms with van der Waals surface area (Å²) in [6.07, 6.45) is 1.41. The minimum absolute atomic E-state index is 0.625. The van der Waals surface area contributed by atoms with Crippen molar-refractivity contribution < 1.29 is 0 Å². The van der Waals surface area contributed by atoms with Gasteiger partial charge in [-0.05, 0) is 37.6 Å². The first-order chi connectivity index (χ1) is 7.47. The lowest BCUT2D eigenvalue weighted by atomic mass is 9.92. The van der Waals surface area contributed by atoms with Crippen LogP contribution in [0, 0.1) is 17.8 Å². The molecule has 1 aliphatic rings. The molecule has 0 amide bonds. The molecule has 0 aromatic rings. The van der Waals surface area contributed by atoms with Crippen LogP contribution in [-0.2, 0) is 0 Å². The van der Waals surface area contributed by atoms with Gasteiger partial charge in [0.1, 0.15) is 0 Å². The summed E-state index contributed by atoms with van der Waals surface area (Å²) in [5.41, 5.74) is 0. The van der Waals surface area contributed by atoms with E-state index in [9.17, 15) is 0 Å². The van der Waals surface area contributed by atoms with Crippen LogP contribution in [0.4, 0.5) is 0 Å². The topological polar surface area (TPSA) is 15.3 Å². The van der Waals surface area contributed by atoms with Crippen molar-refractivity contribution in [3.8, 4) is 0 Å². The van der Waals surface area contributed by atoms with Gasteiger partial charge in [-0.3, -0.25) is 0 Å². The highest BCUT2D eigenvalue weighted by molar-refractivity contribution is 4.77. The summed E-state index contributed by atoms with van der Waals surface area (Å²) in [6.45, 7) is 16.5. The Bertz CT molecular complexity index is 181. The molecule has 0 aromatic heterocycles. The first-order valence-corrected chi connectivity index (χ1v) is 6.93. The van der Waals surface area contributed by atoms with Crippen molar-refractivity contribution in [2.24, 2.45) is 17.8 Å². The van der Waals surface area contributed by atoms with Crippen LogP contribution in [0.25, 0.3) is 0 Å². The monoisotopic (exact) mass is 226 g/mol. The molecule has 0 aromatic carbocycles. The van der Waals surface area contributed by atoms with Gasteiger partial charge in [-0.25, -0.2) is 0 Å². The van der Waals surface area contributed by atoms with Crippen LogP contribution in [0.1, 0.15) is 41.0 Å². The van der Waals surface area contributed by atoms with E-state index < -0.39 is 0 Å². The fourth-order valence-electron chi connectivity index (χ4n) is 2.83. The molecule has 1 fully saturated rings. The smallest absolute Gasteiger partial charge is 0.0166 e. The van der Waals surface area contributed by atoms with Gasteiger partial charge in [0.25, 0.3) is 0 Å². The number of hydrogen-bond acceptors (Lipinski definition) is 2. The molecule has 0 saturated carbocycles. The van der Waals surface area contributed by atoms with Gasteiger partial charge in [0.05, 0.1) is 0 Å². The highest BCUT2D eigenvalue weighted by Gasteiger charge is 2.22. The van der Waals surface area contributed by atoms with E-state index in [4.69, 9.17) is 0 Å². The zero-order valence-electron chi connectivity index (χ0n) is 11.8. The quantitative estimate of drug-likeness (QED) is 0.775. The fraction of sp³-hybridized carbons (Fsp3) is 1.00. The maximum atomic E-state index is 3.62. The third-order valence-electron chi connectivity index (χ3n) is 3.35. The molecular formula is C14H30N2. The SMILES string of the molecule is CC(C)CNC(C)CN1CC(C)CC(C)C1. The van der Waals surface area contributed by atoms with E-state index in [-0.39, 0.29) is 0 Å². The van der Waals surface area contributed by atoms with Gasteiger partial charge in [-0.15, -0.1) is 0 Å². The van der Waals surface area contributed by atoms with Gasteiger partial charge in [0, 0.05) is 25.7 Å². The summed E-state index contributed by atoms with van der Waals surface area (Å²) in [6, 6.07) is 0.625. The van der Waals surface area contributed by atoms with Crippen molar-refractivity contribution in [2.45, 2.75) is 47.1 Å². The summed E-state index contributed by atoms with van der Waals surface area (Å²) >= 11 is 0. The molecule has 2 nitrogen and oxygen atoms in total. The number of nitrogens with zero attached hydrogens (tertiary/aromatic N) is 1. The maximum Gasteiger partial charge on any atom is 0.0166 e. The van der Waals surface area contributed by atoms with Gasteiger partial charge < -0.3 is 10.2 Å². The minimum Gasteiger partial charge on any atom is -0.313 e. The minimum atomic E-state index is 0.625. The summed E-state index contributed by atoms with van der Waals surface area (Å²) < 4.78 is 0. The molecule has 96 valence electrons. The Labute approximate surface area is 102 Å². The first kappa shape index (κ1) is 14.0. The van der Waals surface area contributed by atoms with Crippen molar-refractivity contribution in [3.05, 3.63) is 0 Å². The van der Waals surface area contributed by atoms with Crippen LogP contribution < -0.4 is 5.32 Å². The zero-order chi connectivity index (χ0) is 12.1. The van der Waals surface area contributed by atoms with Crippen molar-refractivity contribution in [1.82, 2.24) is 10.2 Å². The number of nitrogens with one attached hydrogen (secondary N) is 1. The molecule has 0 spiro atoms. The molecule has 2 heteroatoms. The van der Waals surface area contributed by atoms with Gasteiger partial charge in [0.15, 0.2) is 0 Å². The van der Waals surface area contributed by atoms with Crippen molar-refractivity contribution in [3.63, 3.8) is 0 Å². The van der Waals surface area contributed by atoms with E-state index in [2.05, 4.69) is 44.8 Å². The lowest BCUT2D eigenvalue weighted by Gasteiger charge is -2.36. The molecule has 0 aliphatic carbocycles. The molecule has 3 atom stereocenters. The molecule has 16 heavy (non-hydrogen) atoms. The van der Waals surface area contributed by atoms with E-state index in [1.807, 2.05) is 0 Å². The summed E-state index contributed by atoms with van der Waals surface area (Å²) in [7, 11) is 0. The summed E-state index contributed by atoms with van der Waals surface area (Å²) in [5.74, 6) is 2.50. The molecule has 1 aliphatic heterocycles. The number of piperidine rings is 1. The average molecular weight is 226 g/mol. The fourth-order valence-corrected chi connectivity index (χ4v) is 2.83. The van der Waals surface area contributed by atoms with Crippen LogP contribution in [0.15, 0.2) is 0 Å². The summed E-state index contributed by atoms with van der Waals surface area (Å²) in [5, 5.41) is 3.62. The molecule has 1 saturated heterocycles. The maximum absolute atomic E-state index is 3.62. The lowest BCUT2D eigenvalue weighted by molar-refractivity contribution is 0.130. The van der Waals surface area contributed by atoms with Crippen molar-refractivity contribution >= 4 is 0 Å². The van der Waals surface area contributed by atoms with Crippen LogP contribution in [0.3, 0.4) is 0 Å². The molecule has 3 unspecified atom stereocenters. The Morgan fingerprint density at radius 1 is 1.12 bits per heavy atom. The van der Waals surface area contributed by atoms with Crippen molar-refractivity contribution in [1.29, 1.82) is 0 Å². The predicted molar refractivity (Wildman–Crippen MR) is 71.7 cm³/mol. The standard InChI is InChI=1S/C14H30N2/c1-11(2)7-15-14(5)10-16-8-12(3)6-13(4)9-16/h11-15H,6-10H2,1-5H3. The molecule has 1 heterocycles. The van der Waals surface area contributed by atoms with E-state index in [0.717, 1.165) is 24.3 Å². The van der Waals surface area contributed by atoms with E-state index in [0.29, 0.717) is 6.04 Å². The normalized spacial score (nSPS) is 29.6. The third kappa shape index (κ3) is 5.31. The Hall–Kier alpha value is -0.0800. The average Bonchev–Trinajstić information content (AvgIpc) is 2.12. The summed E-state index contributed by atoms with van der Waals surface area (Å²) in [4.78, 5) is 2.64. The van der Waals surface area contributed by atoms with Gasteiger partial charge >= 0.3 is 0 Å². The predicted octanol–water partition coefficient (Wildman–Crippen LogP) is 2.60. The number of rotatable bonds is 5. The number of hydrogen-bond donors (Lipinski definition) is 1. The molecular weight excluding hydrogens is 196 g/mol. The highest BCUT2D eigenvalue weighted by atomic mass is 15.2. The second-order valence-corrected chi connectivity index (χ2v) is 6.37. The molecule has 1 N–H and O–H groups in total. The second kappa shape index (κ2) is 6.61. The van der Waals surface area contributed by atoms with Crippen molar-refractivity contribution in [2.75, 3.05) is 26.2 Å². The molecule has 0 bridgehead atoms. The van der Waals surface area contributed by atoms with E-state index >= 15 is 0 Å². The van der Waals surface area contributed by atoms with E-state index in [1.165, 1.54) is 26.1 Å². The molecule has 0 radical (unpaired) electrons. The van der Waals surface area contributed by atoms with Gasteiger partial charge in [0.2, 0.25) is 0 Å². The molecule has 1 rings (SSSR count). The Balaban J connectivity index is 2.24. The van der Waals surface area contributed by atoms with Crippen LogP contribution in [0.2, 0.25) is 0 Å². The van der Waals surface area contributed by atoms with Crippen LogP contribution in [0.5, 0.6) is 0 Å². The zero-order valence-corrected chi connectivity index (χ0v) is 11.8. The Morgan fingerprint density at radius 2 is 1.69 bits per heavy atom. The number of likely N-dealkylation sites (tertiary alicyclic amines) is 1. The first-order valence-electron chi connectivity index (χ1n) is 6.93. The van der Waals surface area contributed by atoms with Crippen LogP contribution >= 0.6 is 0 Å². The Morgan fingerprint density at radius 3 is 2.19 bits per heavy atom. The van der Waals surface area contributed by atoms with Crippen LogP contribution in [-0.4, -0.2) is 37.1 Å². The third-order valence-corrected chi connectivity index (χ3v) is 3.35. The van der Waals surface area contributed by atoms with Gasteiger partial charge in [-0.1, -0.05) is 27.7 Å². The van der Waals surface area contributed by atoms with E-state index in [1.54, 1.807) is 0 Å². The second-order valence-electron chi connectivity index (χ2n) is 6.37. The van der Waals surface area contributed by atoms with Gasteiger partial charge in [-0.2, -0.15) is 0 Å². The largest absolute Gasteiger partial charge is 0.313 e. The Kier molecular flexibility index (Phi) is 5.77. The lowest BCUT2D eigenvalue weighted by Crippen LogP contribution is -2.46.